The molecule has 0 aliphatic carbocycles. The topological polar surface area (TPSA) is 32.3 Å². The zero-order chi connectivity index (χ0) is 21.3. The van der Waals surface area contributed by atoms with Gasteiger partial charge in [0.05, 0.1) is 6.04 Å². The normalized spacial score (nSPS) is 15.7. The third-order valence-corrected chi connectivity index (χ3v) is 7.12. The molecule has 5 heteroatoms. The number of amides is 2. The molecular weight excluding hydrogens is 395 g/mol. The van der Waals surface area contributed by atoms with Gasteiger partial charge in [0.1, 0.15) is 5.82 Å². The summed E-state index contributed by atoms with van der Waals surface area (Å²) in [6.07, 6.45) is 1.85. The largest absolute Gasteiger partial charge is 0.334 e. The van der Waals surface area contributed by atoms with E-state index >= 15 is 0 Å². The second kappa shape index (κ2) is 8.60. The van der Waals surface area contributed by atoms with Crippen molar-refractivity contribution < 1.29 is 9.18 Å². The Bertz CT molecular complexity index is 1040. The third kappa shape index (κ3) is 3.99. The van der Waals surface area contributed by atoms with Crippen molar-refractivity contribution >= 4 is 17.4 Å². The molecule has 156 valence electrons. The monoisotopic (exact) mass is 422 g/mol. The van der Waals surface area contributed by atoms with E-state index in [4.69, 9.17) is 0 Å². The molecule has 0 bridgehead atoms. The maximum Gasteiger partial charge on any atom is 0.318 e. The van der Waals surface area contributed by atoms with Crippen LogP contribution in [0.25, 0.3) is 0 Å². The van der Waals surface area contributed by atoms with E-state index in [1.54, 1.807) is 23.5 Å². The number of thiophene rings is 1. The Balaban J connectivity index is 1.64. The lowest BCUT2D eigenvalue weighted by Crippen LogP contribution is -2.45. The molecule has 4 rings (SSSR count). The quantitative estimate of drug-likeness (QED) is 0.556. The van der Waals surface area contributed by atoms with Crippen molar-refractivity contribution in [3.8, 4) is 0 Å². The van der Waals surface area contributed by atoms with Crippen molar-refractivity contribution in [1.29, 1.82) is 0 Å². The van der Waals surface area contributed by atoms with E-state index in [0.717, 1.165) is 24.0 Å². The van der Waals surface area contributed by atoms with Gasteiger partial charge in [0.15, 0.2) is 0 Å². The lowest BCUT2D eigenvalue weighted by molar-refractivity contribution is 0.181. The van der Waals surface area contributed by atoms with Gasteiger partial charge in [0.25, 0.3) is 0 Å². The van der Waals surface area contributed by atoms with E-state index in [-0.39, 0.29) is 17.9 Å². The Morgan fingerprint density at radius 3 is 2.50 bits per heavy atom. The first kappa shape index (κ1) is 20.6. The molecule has 0 fully saturated rings. The number of hydrogen-bond acceptors (Lipinski definition) is 2. The number of hydrogen-bond donors (Lipinski definition) is 1. The summed E-state index contributed by atoms with van der Waals surface area (Å²) in [5, 5.41) is 3.08. The number of nitrogens with zero attached hydrogens (tertiary/aromatic N) is 1. The molecule has 1 unspecified atom stereocenters. The first-order valence-electron chi connectivity index (χ1n) is 10.4. The summed E-state index contributed by atoms with van der Waals surface area (Å²) < 4.78 is 13.6. The molecule has 0 spiro atoms. The van der Waals surface area contributed by atoms with Gasteiger partial charge < -0.3 is 10.2 Å². The summed E-state index contributed by atoms with van der Waals surface area (Å²) >= 11 is 1.77. The highest BCUT2D eigenvalue weighted by Crippen LogP contribution is 2.42. The van der Waals surface area contributed by atoms with Crippen LogP contribution in [0.15, 0.2) is 48.5 Å². The molecule has 2 heterocycles. The molecule has 0 radical (unpaired) electrons. The number of carbonyl (C=O) groups is 1. The fourth-order valence-electron chi connectivity index (χ4n) is 4.29. The van der Waals surface area contributed by atoms with Gasteiger partial charge >= 0.3 is 6.03 Å². The number of benzene rings is 2. The SMILES string of the molecule is CCc1c(C)sc2c1CCN(C(=O)NCc1ccc(C)cc1)C2c1ccc(F)cc1. The number of fused-ring (bicyclic) bond motifs is 1. The zero-order valence-corrected chi connectivity index (χ0v) is 18.5. The molecule has 1 aromatic heterocycles. The van der Waals surface area contributed by atoms with Crippen LogP contribution in [0, 0.1) is 19.7 Å². The van der Waals surface area contributed by atoms with E-state index in [9.17, 15) is 9.18 Å². The van der Waals surface area contributed by atoms with Gasteiger partial charge in [-0.1, -0.05) is 48.9 Å². The highest BCUT2D eigenvalue weighted by Gasteiger charge is 2.35. The predicted molar refractivity (Wildman–Crippen MR) is 121 cm³/mol. The van der Waals surface area contributed by atoms with Gasteiger partial charge in [-0.25, -0.2) is 9.18 Å². The van der Waals surface area contributed by atoms with Gasteiger partial charge in [-0.3, -0.25) is 0 Å². The standard InChI is InChI=1S/C25H27FN2OS/c1-4-21-17(3)30-24-22(21)13-14-28(23(24)19-9-11-20(26)12-10-19)25(29)27-15-18-7-5-16(2)6-8-18/h5-12,23H,4,13-15H2,1-3H3,(H,27,29). The smallest absolute Gasteiger partial charge is 0.318 e. The Kier molecular flexibility index (Phi) is 5.91. The lowest BCUT2D eigenvalue weighted by Gasteiger charge is -2.36. The van der Waals surface area contributed by atoms with Crippen LogP contribution < -0.4 is 5.32 Å². The van der Waals surface area contributed by atoms with E-state index in [2.05, 4.69) is 38.2 Å². The minimum atomic E-state index is -0.262. The van der Waals surface area contributed by atoms with Crippen molar-refractivity contribution in [2.24, 2.45) is 0 Å². The molecule has 3 aromatic rings. The highest BCUT2D eigenvalue weighted by molar-refractivity contribution is 7.12. The molecule has 3 nitrogen and oxygen atoms in total. The summed E-state index contributed by atoms with van der Waals surface area (Å²) in [6.45, 7) is 7.53. The second-order valence-electron chi connectivity index (χ2n) is 7.87. The summed E-state index contributed by atoms with van der Waals surface area (Å²) in [6, 6.07) is 14.5. The van der Waals surface area contributed by atoms with Crippen LogP contribution in [0.5, 0.6) is 0 Å². The van der Waals surface area contributed by atoms with Gasteiger partial charge in [-0.2, -0.15) is 0 Å². The molecule has 0 saturated heterocycles. The molecule has 1 atom stereocenters. The van der Waals surface area contributed by atoms with Crippen molar-refractivity contribution in [2.75, 3.05) is 6.54 Å². The number of urea groups is 1. The lowest BCUT2D eigenvalue weighted by atomic mass is 9.92. The van der Waals surface area contributed by atoms with Crippen LogP contribution in [-0.2, 0) is 19.4 Å². The van der Waals surface area contributed by atoms with E-state index < -0.39 is 0 Å². The number of aryl methyl sites for hydroxylation is 2. The van der Waals surface area contributed by atoms with Gasteiger partial charge in [0.2, 0.25) is 0 Å². The summed E-state index contributed by atoms with van der Waals surface area (Å²) in [5.74, 6) is -0.262. The van der Waals surface area contributed by atoms with Crippen LogP contribution in [0.1, 0.15) is 50.5 Å². The number of carbonyl (C=O) groups excluding carboxylic acids is 1. The molecule has 2 amide bonds. The molecule has 2 aromatic carbocycles. The Hall–Kier alpha value is -2.66. The number of halogens is 1. The maximum atomic E-state index is 13.6. The Morgan fingerprint density at radius 1 is 1.13 bits per heavy atom. The van der Waals surface area contributed by atoms with Crippen LogP contribution in [0.3, 0.4) is 0 Å². The van der Waals surface area contributed by atoms with Gasteiger partial charge in [0, 0.05) is 22.8 Å². The molecular formula is C25H27FN2OS. The van der Waals surface area contributed by atoms with Crippen molar-refractivity contribution in [3.05, 3.63) is 91.9 Å². The van der Waals surface area contributed by atoms with Crippen molar-refractivity contribution in [1.82, 2.24) is 10.2 Å². The van der Waals surface area contributed by atoms with Gasteiger partial charge in [-0.15, -0.1) is 11.3 Å². The molecule has 1 N–H and O–H groups in total. The fourth-order valence-corrected chi connectivity index (χ4v) is 5.73. The van der Waals surface area contributed by atoms with Crippen LogP contribution in [0.2, 0.25) is 0 Å². The minimum absolute atomic E-state index is 0.0837. The van der Waals surface area contributed by atoms with Crippen LogP contribution >= 0.6 is 11.3 Å². The highest BCUT2D eigenvalue weighted by atomic mass is 32.1. The zero-order valence-electron chi connectivity index (χ0n) is 17.7. The molecule has 1 aliphatic rings. The molecule has 1 aliphatic heterocycles. The average Bonchev–Trinajstić information content (AvgIpc) is 3.08. The maximum absolute atomic E-state index is 13.6. The van der Waals surface area contributed by atoms with Crippen LogP contribution in [0.4, 0.5) is 9.18 Å². The average molecular weight is 423 g/mol. The van der Waals surface area contributed by atoms with Crippen molar-refractivity contribution in [2.45, 2.75) is 46.2 Å². The number of rotatable bonds is 4. The third-order valence-electron chi connectivity index (χ3n) is 5.88. The Morgan fingerprint density at radius 2 is 1.83 bits per heavy atom. The minimum Gasteiger partial charge on any atom is -0.334 e. The first-order valence-corrected chi connectivity index (χ1v) is 11.3. The Labute approximate surface area is 181 Å². The molecule has 0 saturated carbocycles. The van der Waals surface area contributed by atoms with E-state index in [1.165, 1.54) is 38.6 Å². The number of nitrogens with one attached hydrogen (secondary N) is 1. The first-order chi connectivity index (χ1) is 14.5. The summed E-state index contributed by atoms with van der Waals surface area (Å²) in [5.41, 5.74) is 6.00. The van der Waals surface area contributed by atoms with E-state index in [1.807, 2.05) is 17.0 Å². The van der Waals surface area contributed by atoms with E-state index in [0.29, 0.717) is 13.1 Å². The fraction of sp³-hybridized carbons (Fsp3) is 0.320. The van der Waals surface area contributed by atoms with Crippen molar-refractivity contribution in [3.63, 3.8) is 0 Å². The van der Waals surface area contributed by atoms with Crippen LogP contribution in [-0.4, -0.2) is 17.5 Å². The predicted octanol–water partition coefficient (Wildman–Crippen LogP) is 5.92. The van der Waals surface area contributed by atoms with Gasteiger partial charge in [-0.05, 0) is 61.1 Å². The summed E-state index contributed by atoms with van der Waals surface area (Å²) in [7, 11) is 0. The summed E-state index contributed by atoms with van der Waals surface area (Å²) in [4.78, 5) is 17.6. The molecule has 30 heavy (non-hydrogen) atoms. The second-order valence-corrected chi connectivity index (χ2v) is 9.13.